The molecular weight excluding hydrogens is 244 g/mol. The maximum absolute atomic E-state index is 12.1. The molecule has 2 atom stereocenters. The summed E-state index contributed by atoms with van der Waals surface area (Å²) in [5.41, 5.74) is 0.829. The lowest BCUT2D eigenvalue weighted by Gasteiger charge is -2.39. The summed E-state index contributed by atoms with van der Waals surface area (Å²) in [4.78, 5) is 29.5. The van der Waals surface area contributed by atoms with Crippen LogP contribution < -0.4 is 0 Å². The van der Waals surface area contributed by atoms with Crippen molar-refractivity contribution >= 4 is 11.9 Å². The Morgan fingerprint density at radius 2 is 2.16 bits per heavy atom. The predicted octanol–water partition coefficient (Wildman–Crippen LogP) is 1.61. The SMILES string of the molecule is O=C(O)C1CCC(=O)N(C2CC2)C1c1cccnc1. The molecule has 100 valence electrons. The Morgan fingerprint density at radius 1 is 1.37 bits per heavy atom. The van der Waals surface area contributed by atoms with Crippen LogP contribution in [0.15, 0.2) is 24.5 Å². The predicted molar refractivity (Wildman–Crippen MR) is 67.2 cm³/mol. The third kappa shape index (κ3) is 2.20. The average molecular weight is 260 g/mol. The third-order valence-electron chi connectivity index (χ3n) is 3.92. The zero-order chi connectivity index (χ0) is 13.4. The Morgan fingerprint density at radius 3 is 2.74 bits per heavy atom. The van der Waals surface area contributed by atoms with Crippen LogP contribution in [0.3, 0.4) is 0 Å². The number of amides is 1. The van der Waals surface area contributed by atoms with Crippen LogP contribution in [0, 0.1) is 5.92 Å². The Balaban J connectivity index is 2.00. The van der Waals surface area contributed by atoms with E-state index in [4.69, 9.17) is 0 Å². The fourth-order valence-electron chi connectivity index (χ4n) is 2.90. The molecule has 0 aromatic carbocycles. The second kappa shape index (κ2) is 4.64. The van der Waals surface area contributed by atoms with Crippen LogP contribution in [-0.2, 0) is 9.59 Å². The molecule has 3 rings (SSSR count). The number of nitrogens with zero attached hydrogens (tertiary/aromatic N) is 2. The van der Waals surface area contributed by atoms with E-state index >= 15 is 0 Å². The molecule has 1 saturated heterocycles. The number of carboxylic acids is 1. The third-order valence-corrected chi connectivity index (χ3v) is 3.92. The number of likely N-dealkylation sites (tertiary alicyclic amines) is 1. The lowest BCUT2D eigenvalue weighted by Crippen LogP contribution is -2.46. The second-order valence-electron chi connectivity index (χ2n) is 5.25. The van der Waals surface area contributed by atoms with Gasteiger partial charge in [0.1, 0.15) is 0 Å². The van der Waals surface area contributed by atoms with Gasteiger partial charge in [-0.2, -0.15) is 0 Å². The molecule has 1 aromatic rings. The van der Waals surface area contributed by atoms with Crippen molar-refractivity contribution in [1.29, 1.82) is 0 Å². The van der Waals surface area contributed by atoms with Gasteiger partial charge in [-0.15, -0.1) is 0 Å². The zero-order valence-corrected chi connectivity index (χ0v) is 10.5. The number of pyridine rings is 1. The van der Waals surface area contributed by atoms with Crippen LogP contribution in [0.5, 0.6) is 0 Å². The Hall–Kier alpha value is -1.91. The van der Waals surface area contributed by atoms with Crippen molar-refractivity contribution < 1.29 is 14.7 Å². The second-order valence-corrected chi connectivity index (χ2v) is 5.25. The minimum atomic E-state index is -0.827. The largest absolute Gasteiger partial charge is 0.481 e. The van der Waals surface area contributed by atoms with E-state index in [0.717, 1.165) is 18.4 Å². The van der Waals surface area contributed by atoms with E-state index in [-0.39, 0.29) is 18.0 Å². The van der Waals surface area contributed by atoms with Crippen LogP contribution in [0.1, 0.15) is 37.3 Å². The number of aliphatic carboxylic acids is 1. The lowest BCUT2D eigenvalue weighted by atomic mass is 9.84. The summed E-state index contributed by atoms with van der Waals surface area (Å²) >= 11 is 0. The molecule has 2 aliphatic rings. The summed E-state index contributed by atoms with van der Waals surface area (Å²) in [6.45, 7) is 0. The van der Waals surface area contributed by atoms with Gasteiger partial charge in [0, 0.05) is 24.9 Å². The zero-order valence-electron chi connectivity index (χ0n) is 10.5. The minimum absolute atomic E-state index is 0.0776. The topological polar surface area (TPSA) is 70.5 Å². The fraction of sp³-hybridized carbons (Fsp3) is 0.500. The van der Waals surface area contributed by atoms with E-state index in [1.807, 2.05) is 6.07 Å². The van der Waals surface area contributed by atoms with E-state index in [9.17, 15) is 14.7 Å². The molecule has 5 heteroatoms. The number of rotatable bonds is 3. The molecule has 1 N–H and O–H groups in total. The van der Waals surface area contributed by atoms with Gasteiger partial charge in [0.05, 0.1) is 12.0 Å². The number of carboxylic acid groups (broad SMARTS) is 1. The fourth-order valence-corrected chi connectivity index (χ4v) is 2.90. The molecule has 1 amide bonds. The van der Waals surface area contributed by atoms with Gasteiger partial charge in [-0.05, 0) is 30.9 Å². The number of carbonyl (C=O) groups is 2. The van der Waals surface area contributed by atoms with Gasteiger partial charge in [0.15, 0.2) is 0 Å². The Bertz CT molecular complexity index is 499. The van der Waals surface area contributed by atoms with Crippen LogP contribution >= 0.6 is 0 Å². The molecule has 0 radical (unpaired) electrons. The van der Waals surface area contributed by atoms with Crippen LogP contribution in [0.25, 0.3) is 0 Å². The van der Waals surface area contributed by atoms with Gasteiger partial charge in [-0.25, -0.2) is 0 Å². The molecule has 1 aliphatic carbocycles. The van der Waals surface area contributed by atoms with Crippen molar-refractivity contribution in [3.8, 4) is 0 Å². The monoisotopic (exact) mass is 260 g/mol. The normalized spacial score (nSPS) is 27.4. The highest BCUT2D eigenvalue weighted by Crippen LogP contribution is 2.43. The smallest absolute Gasteiger partial charge is 0.308 e. The van der Waals surface area contributed by atoms with Crippen molar-refractivity contribution in [1.82, 2.24) is 9.88 Å². The Kier molecular flexibility index (Phi) is 2.97. The molecule has 0 spiro atoms. The molecule has 1 saturated carbocycles. The van der Waals surface area contributed by atoms with Crippen molar-refractivity contribution in [2.45, 2.75) is 37.8 Å². The first-order chi connectivity index (χ1) is 9.18. The summed E-state index contributed by atoms with van der Waals surface area (Å²) in [6, 6.07) is 3.51. The first-order valence-corrected chi connectivity index (χ1v) is 6.62. The summed E-state index contributed by atoms with van der Waals surface area (Å²) in [5, 5.41) is 9.42. The van der Waals surface area contributed by atoms with Crippen LogP contribution in [-0.4, -0.2) is 32.9 Å². The van der Waals surface area contributed by atoms with Gasteiger partial charge in [-0.3, -0.25) is 14.6 Å². The van der Waals surface area contributed by atoms with E-state index in [1.54, 1.807) is 23.4 Å². The van der Waals surface area contributed by atoms with Crippen LogP contribution in [0.4, 0.5) is 0 Å². The highest BCUT2D eigenvalue weighted by Gasteiger charge is 2.46. The molecule has 1 aliphatic heterocycles. The van der Waals surface area contributed by atoms with Crippen molar-refractivity contribution in [2.75, 3.05) is 0 Å². The highest BCUT2D eigenvalue weighted by atomic mass is 16.4. The number of hydrogen-bond acceptors (Lipinski definition) is 3. The summed E-state index contributed by atoms with van der Waals surface area (Å²) in [5.74, 6) is -1.27. The van der Waals surface area contributed by atoms with Crippen molar-refractivity contribution in [3.63, 3.8) is 0 Å². The number of piperidine rings is 1. The van der Waals surface area contributed by atoms with Gasteiger partial charge in [-0.1, -0.05) is 6.07 Å². The van der Waals surface area contributed by atoms with Gasteiger partial charge >= 0.3 is 5.97 Å². The quantitative estimate of drug-likeness (QED) is 0.896. The number of carbonyl (C=O) groups excluding carboxylic acids is 1. The van der Waals surface area contributed by atoms with Gasteiger partial charge in [0.25, 0.3) is 0 Å². The maximum Gasteiger partial charge on any atom is 0.308 e. The first-order valence-electron chi connectivity index (χ1n) is 6.62. The lowest BCUT2D eigenvalue weighted by molar-refractivity contribution is -0.152. The molecule has 5 nitrogen and oxygen atoms in total. The highest BCUT2D eigenvalue weighted by molar-refractivity contribution is 5.82. The number of hydrogen-bond donors (Lipinski definition) is 1. The summed E-state index contributed by atoms with van der Waals surface area (Å²) in [6.07, 6.45) is 6.05. The van der Waals surface area contributed by atoms with Gasteiger partial charge < -0.3 is 10.0 Å². The molecule has 0 bridgehead atoms. The number of aromatic nitrogens is 1. The maximum atomic E-state index is 12.1. The van der Waals surface area contributed by atoms with E-state index in [1.165, 1.54) is 0 Å². The van der Waals surface area contributed by atoms with E-state index < -0.39 is 11.9 Å². The molecule has 19 heavy (non-hydrogen) atoms. The molecule has 2 heterocycles. The van der Waals surface area contributed by atoms with E-state index in [2.05, 4.69) is 4.98 Å². The average Bonchev–Trinajstić information content (AvgIpc) is 3.23. The summed E-state index contributed by atoms with van der Waals surface area (Å²) < 4.78 is 0. The van der Waals surface area contributed by atoms with Crippen molar-refractivity contribution in [2.24, 2.45) is 5.92 Å². The molecule has 1 aromatic heterocycles. The molecular formula is C14H16N2O3. The first kappa shape index (κ1) is 12.1. The van der Waals surface area contributed by atoms with Crippen molar-refractivity contribution in [3.05, 3.63) is 30.1 Å². The van der Waals surface area contributed by atoms with Crippen LogP contribution in [0.2, 0.25) is 0 Å². The Labute approximate surface area is 111 Å². The van der Waals surface area contributed by atoms with E-state index in [0.29, 0.717) is 12.8 Å². The molecule has 2 fully saturated rings. The summed E-state index contributed by atoms with van der Waals surface area (Å²) in [7, 11) is 0. The standard InChI is InChI=1S/C14H16N2O3/c17-12-6-5-11(14(18)19)13(16(12)10-3-4-10)9-2-1-7-15-8-9/h1-2,7-8,10-11,13H,3-6H2,(H,18,19). The molecule has 2 unspecified atom stereocenters. The van der Waals surface area contributed by atoms with Gasteiger partial charge in [0.2, 0.25) is 5.91 Å². The minimum Gasteiger partial charge on any atom is -0.481 e.